The molecule has 1 N–H and O–H groups in total. The van der Waals surface area contributed by atoms with Gasteiger partial charge in [-0.05, 0) is 24.8 Å². The molecule has 0 saturated heterocycles. The molecule has 0 radical (unpaired) electrons. The second-order valence-electron chi connectivity index (χ2n) is 4.20. The maximum Gasteiger partial charge on any atom is 0.0948 e. The fourth-order valence-corrected chi connectivity index (χ4v) is 2.59. The third-order valence-corrected chi connectivity index (χ3v) is 3.88. The summed E-state index contributed by atoms with van der Waals surface area (Å²) in [5.74, 6) is 0. The number of imidazole rings is 1. The average molecular weight is 249 g/mol. The smallest absolute Gasteiger partial charge is 0.0948 e. The average Bonchev–Trinajstić information content (AvgIpc) is 2.97. The number of thiophene rings is 1. The van der Waals surface area contributed by atoms with Crippen molar-refractivity contribution in [2.75, 3.05) is 0 Å². The van der Waals surface area contributed by atoms with Gasteiger partial charge >= 0.3 is 0 Å². The van der Waals surface area contributed by atoms with E-state index < -0.39 is 0 Å². The van der Waals surface area contributed by atoms with Crippen molar-refractivity contribution in [3.05, 3.63) is 40.6 Å². The minimum atomic E-state index is 0.403. The van der Waals surface area contributed by atoms with E-state index in [9.17, 15) is 0 Å². The van der Waals surface area contributed by atoms with Crippen LogP contribution in [0.4, 0.5) is 0 Å². The topological polar surface area (TPSA) is 29.9 Å². The van der Waals surface area contributed by atoms with Crippen LogP contribution in [-0.4, -0.2) is 9.55 Å². The van der Waals surface area contributed by atoms with E-state index in [0.29, 0.717) is 6.04 Å². The number of aromatic nitrogens is 2. The van der Waals surface area contributed by atoms with Gasteiger partial charge in [-0.3, -0.25) is 0 Å². The van der Waals surface area contributed by atoms with Crippen LogP contribution in [0.15, 0.2) is 30.0 Å². The van der Waals surface area contributed by atoms with Crippen molar-refractivity contribution in [2.24, 2.45) is 0 Å². The molecule has 0 aromatic carbocycles. The molecule has 1 unspecified atom stereocenters. The Kier molecular flexibility index (Phi) is 4.34. The molecule has 4 heteroatoms. The summed E-state index contributed by atoms with van der Waals surface area (Å²) >= 11 is 1.80. The largest absolute Gasteiger partial charge is 0.333 e. The van der Waals surface area contributed by atoms with Crippen molar-refractivity contribution in [1.82, 2.24) is 14.9 Å². The number of hydrogen-bond donors (Lipinski definition) is 1. The summed E-state index contributed by atoms with van der Waals surface area (Å²) in [6.45, 7) is 6.31. The minimum absolute atomic E-state index is 0.403. The number of nitrogens with one attached hydrogen (secondary N) is 1. The summed E-state index contributed by atoms with van der Waals surface area (Å²) < 4.78 is 2.22. The summed E-state index contributed by atoms with van der Waals surface area (Å²) in [4.78, 5) is 5.59. The predicted octanol–water partition coefficient (Wildman–Crippen LogP) is 3.21. The van der Waals surface area contributed by atoms with Crippen molar-refractivity contribution >= 4 is 11.3 Å². The van der Waals surface area contributed by atoms with Crippen LogP contribution < -0.4 is 5.32 Å². The third-order valence-electron chi connectivity index (χ3n) is 2.82. The van der Waals surface area contributed by atoms with Gasteiger partial charge in [0, 0.05) is 30.2 Å². The Balaban J connectivity index is 1.91. The molecule has 2 heterocycles. The summed E-state index contributed by atoms with van der Waals surface area (Å²) in [5.41, 5.74) is 1.26. The summed E-state index contributed by atoms with van der Waals surface area (Å²) in [6.07, 6.45) is 5.00. The van der Waals surface area contributed by atoms with Crippen LogP contribution in [-0.2, 0) is 13.1 Å². The summed E-state index contributed by atoms with van der Waals surface area (Å²) in [7, 11) is 0. The van der Waals surface area contributed by atoms with Crippen molar-refractivity contribution in [2.45, 2.75) is 39.4 Å². The van der Waals surface area contributed by atoms with Crippen LogP contribution in [0, 0.1) is 0 Å². The second kappa shape index (κ2) is 5.98. The fourth-order valence-electron chi connectivity index (χ4n) is 1.83. The van der Waals surface area contributed by atoms with Crippen LogP contribution in [0.2, 0.25) is 0 Å². The highest BCUT2D eigenvalue weighted by molar-refractivity contribution is 7.10. The monoisotopic (exact) mass is 249 g/mol. The number of nitrogens with zero attached hydrogens (tertiary/aromatic N) is 2. The lowest BCUT2D eigenvalue weighted by Crippen LogP contribution is -2.19. The predicted molar refractivity (Wildman–Crippen MR) is 72.1 cm³/mol. The molecule has 0 spiro atoms. The zero-order valence-corrected chi connectivity index (χ0v) is 11.2. The van der Waals surface area contributed by atoms with Crippen molar-refractivity contribution in [3.63, 3.8) is 0 Å². The molecular weight excluding hydrogens is 230 g/mol. The quantitative estimate of drug-likeness (QED) is 0.852. The van der Waals surface area contributed by atoms with Crippen molar-refractivity contribution in [1.29, 1.82) is 0 Å². The Morgan fingerprint density at radius 1 is 1.53 bits per heavy atom. The van der Waals surface area contributed by atoms with E-state index in [-0.39, 0.29) is 0 Å². The maximum atomic E-state index is 4.21. The molecule has 0 aliphatic rings. The van der Waals surface area contributed by atoms with Crippen molar-refractivity contribution in [3.8, 4) is 0 Å². The van der Waals surface area contributed by atoms with Crippen LogP contribution in [0.1, 0.15) is 36.9 Å². The molecule has 0 amide bonds. The fraction of sp³-hybridized carbons (Fsp3) is 0.462. The number of aryl methyl sites for hydroxylation is 1. The van der Waals surface area contributed by atoms with E-state index in [0.717, 1.165) is 19.5 Å². The normalized spacial score (nSPS) is 12.8. The van der Waals surface area contributed by atoms with Gasteiger partial charge in [-0.25, -0.2) is 4.98 Å². The van der Waals surface area contributed by atoms with Gasteiger partial charge in [-0.1, -0.05) is 13.0 Å². The Morgan fingerprint density at radius 3 is 3.12 bits per heavy atom. The van der Waals surface area contributed by atoms with Crippen LogP contribution >= 0.6 is 11.3 Å². The summed E-state index contributed by atoms with van der Waals surface area (Å²) in [5, 5.41) is 5.66. The van der Waals surface area contributed by atoms with Gasteiger partial charge in [0.25, 0.3) is 0 Å². The third kappa shape index (κ3) is 3.17. The maximum absolute atomic E-state index is 4.21. The van der Waals surface area contributed by atoms with Gasteiger partial charge in [-0.2, -0.15) is 0 Å². The Bertz CT molecular complexity index is 433. The molecule has 0 fully saturated rings. The Morgan fingerprint density at radius 2 is 2.41 bits per heavy atom. The van der Waals surface area contributed by atoms with Gasteiger partial charge in [0.2, 0.25) is 0 Å². The zero-order chi connectivity index (χ0) is 12.1. The first-order chi connectivity index (χ1) is 8.31. The molecular formula is C13H19N3S. The van der Waals surface area contributed by atoms with Crippen LogP contribution in [0.25, 0.3) is 0 Å². The molecule has 2 aromatic rings. The molecule has 92 valence electrons. The van der Waals surface area contributed by atoms with Gasteiger partial charge in [0.1, 0.15) is 0 Å². The first kappa shape index (κ1) is 12.3. The van der Waals surface area contributed by atoms with Gasteiger partial charge in [0.05, 0.1) is 12.0 Å². The molecule has 1 atom stereocenters. The van der Waals surface area contributed by atoms with E-state index in [2.05, 4.69) is 46.2 Å². The minimum Gasteiger partial charge on any atom is -0.333 e. The number of rotatable bonds is 6. The van der Waals surface area contributed by atoms with Crippen molar-refractivity contribution < 1.29 is 0 Å². The molecule has 0 aliphatic carbocycles. The number of hydrogen-bond acceptors (Lipinski definition) is 3. The first-order valence-corrected chi connectivity index (χ1v) is 6.95. The van der Waals surface area contributed by atoms with E-state index >= 15 is 0 Å². The van der Waals surface area contributed by atoms with E-state index in [4.69, 9.17) is 0 Å². The van der Waals surface area contributed by atoms with E-state index in [1.807, 2.05) is 12.5 Å². The Labute approximate surface area is 107 Å². The molecule has 17 heavy (non-hydrogen) atoms. The van der Waals surface area contributed by atoms with Gasteiger partial charge in [-0.15, -0.1) is 11.3 Å². The first-order valence-electron chi connectivity index (χ1n) is 6.07. The Hall–Kier alpha value is -1.13. The van der Waals surface area contributed by atoms with E-state index in [1.165, 1.54) is 10.6 Å². The standard InChI is InChI=1S/C13H19N3S/c1-3-6-16-10-14-8-12(16)9-15-11(2)13-5-4-7-17-13/h4-5,7-8,10-11,15H,3,6,9H2,1-2H3. The second-order valence-corrected chi connectivity index (χ2v) is 5.18. The SMILES string of the molecule is CCCn1cncc1CNC(C)c1cccs1. The summed E-state index contributed by atoms with van der Waals surface area (Å²) in [6, 6.07) is 4.67. The highest BCUT2D eigenvalue weighted by Gasteiger charge is 2.07. The van der Waals surface area contributed by atoms with E-state index in [1.54, 1.807) is 11.3 Å². The van der Waals surface area contributed by atoms with Gasteiger partial charge < -0.3 is 9.88 Å². The highest BCUT2D eigenvalue weighted by atomic mass is 32.1. The van der Waals surface area contributed by atoms with Crippen LogP contribution in [0.5, 0.6) is 0 Å². The molecule has 0 saturated carbocycles. The lowest BCUT2D eigenvalue weighted by Gasteiger charge is -2.13. The molecule has 3 nitrogen and oxygen atoms in total. The molecule has 0 bridgehead atoms. The molecule has 2 aromatic heterocycles. The lowest BCUT2D eigenvalue weighted by atomic mass is 10.2. The molecule has 2 rings (SSSR count). The zero-order valence-electron chi connectivity index (χ0n) is 10.4. The van der Waals surface area contributed by atoms with Gasteiger partial charge in [0.15, 0.2) is 0 Å². The van der Waals surface area contributed by atoms with Crippen LogP contribution in [0.3, 0.4) is 0 Å². The lowest BCUT2D eigenvalue weighted by molar-refractivity contribution is 0.547. The molecule has 0 aliphatic heterocycles. The highest BCUT2D eigenvalue weighted by Crippen LogP contribution is 2.18.